The first kappa shape index (κ1) is 50.0. The second-order valence-electron chi connectivity index (χ2n) is 13.7. The van der Waals surface area contributed by atoms with Crippen LogP contribution in [0.3, 0.4) is 0 Å². The molecule has 1 aromatic heterocycles. The molecule has 5 rings (SSSR count). The molecule has 0 saturated carbocycles. The summed E-state index contributed by atoms with van der Waals surface area (Å²) in [5.41, 5.74) is 3.37. The number of carbonyl (C=O) groups is 4. The van der Waals surface area contributed by atoms with E-state index in [0.717, 1.165) is 4.90 Å². The van der Waals surface area contributed by atoms with Crippen LogP contribution in [0.1, 0.15) is 39.3 Å². The van der Waals surface area contributed by atoms with Gasteiger partial charge in [-0.1, -0.05) is 6.07 Å². The van der Waals surface area contributed by atoms with E-state index in [4.69, 9.17) is 37.8 Å². The number of rotatable bonds is 32. The zero-order valence-corrected chi connectivity index (χ0v) is 36.7. The molecule has 1 unspecified atom stereocenters. The number of fused-ring (bicyclic) bond motifs is 1. The Balaban J connectivity index is 0.747. The van der Waals surface area contributed by atoms with E-state index in [1.807, 2.05) is 5.48 Å². The third-order valence-corrected chi connectivity index (χ3v) is 9.85. The number of hydrogen-bond acceptors (Lipinski definition) is 19. The number of nitrogens with one attached hydrogen (secondary N) is 5. The number of hydroxylamine groups is 1. The largest absolute Gasteiger partial charge is 0.382 e. The lowest BCUT2D eigenvalue weighted by Crippen LogP contribution is -2.54. The second kappa shape index (κ2) is 28.0. The summed E-state index contributed by atoms with van der Waals surface area (Å²) in [6.07, 6.45) is 0.151. The number of aromatic nitrogens is 2. The van der Waals surface area contributed by atoms with Crippen LogP contribution in [0.5, 0.6) is 0 Å². The molecule has 3 heterocycles. The van der Waals surface area contributed by atoms with Crippen molar-refractivity contribution in [1.82, 2.24) is 31.3 Å². The van der Waals surface area contributed by atoms with Gasteiger partial charge in [0, 0.05) is 38.3 Å². The number of amidine groups is 1. The molecule has 22 nitrogen and oxygen atoms in total. The van der Waals surface area contributed by atoms with Crippen molar-refractivity contribution >= 4 is 62.6 Å². The number of imide groups is 2. The average molecular weight is 967 g/mol. The molecular weight excluding hydrogens is 913 g/mol. The lowest BCUT2D eigenvalue weighted by molar-refractivity contribution is -0.136. The van der Waals surface area contributed by atoms with Crippen LogP contribution in [-0.2, 0) is 42.7 Å². The Hall–Kier alpha value is -5.02. The normalized spacial score (nSPS) is 15.2. The number of hydrogen-bond donors (Lipinski definition) is 6. The first-order valence-corrected chi connectivity index (χ1v) is 21.4. The van der Waals surface area contributed by atoms with Gasteiger partial charge in [-0.3, -0.25) is 40.1 Å². The van der Waals surface area contributed by atoms with E-state index in [9.17, 15) is 28.8 Å². The summed E-state index contributed by atoms with van der Waals surface area (Å²) in [5, 5.41) is 28.7. The molecule has 1 saturated heterocycles. The van der Waals surface area contributed by atoms with Gasteiger partial charge in [-0.25, -0.2) is 14.0 Å². The molecule has 6 N–H and O–H groups in total. The van der Waals surface area contributed by atoms with Crippen molar-refractivity contribution in [3.8, 4) is 0 Å². The third-order valence-electron chi connectivity index (χ3n) is 9.24. The maximum absolute atomic E-state index is 13.5. The minimum atomic E-state index is -1.02. The van der Waals surface area contributed by atoms with Gasteiger partial charge in [0.15, 0.2) is 11.5 Å². The Bertz CT molecular complexity index is 2000. The van der Waals surface area contributed by atoms with Gasteiger partial charge in [0.25, 0.3) is 11.8 Å². The van der Waals surface area contributed by atoms with Gasteiger partial charge >= 0.3 is 0 Å². The number of carbonyl (C=O) groups excluding carboxylic acids is 4. The fourth-order valence-electron chi connectivity index (χ4n) is 6.15. The minimum absolute atomic E-state index is 0.0306. The number of benzene rings is 2. The van der Waals surface area contributed by atoms with Crippen molar-refractivity contribution < 1.29 is 66.6 Å². The molecule has 0 radical (unpaired) electrons. The van der Waals surface area contributed by atoms with Crippen molar-refractivity contribution in [1.29, 1.82) is 0 Å². The van der Waals surface area contributed by atoms with Crippen LogP contribution in [0.4, 0.5) is 21.6 Å². The van der Waals surface area contributed by atoms with Gasteiger partial charge in [-0.2, -0.15) is 0 Å². The van der Waals surface area contributed by atoms with Crippen LogP contribution < -0.4 is 26.7 Å². The SMILES string of the molecule is O=C1CCC(N2C(=O)c3cccc(NCCOCCOCCOCCOCCOCCOCCOCCNCCNc4nonc4C(=Nc4ccc(F)c(Br)c4)NO)c3C2=O)C(=O)N1. The molecule has 350 valence electrons. The van der Waals surface area contributed by atoms with Crippen LogP contribution in [0.15, 0.2) is 50.5 Å². The van der Waals surface area contributed by atoms with Gasteiger partial charge in [-0.15, -0.1) is 0 Å². The molecule has 0 aliphatic carbocycles. The van der Waals surface area contributed by atoms with Crippen molar-refractivity contribution in [2.75, 3.05) is 129 Å². The number of piperidine rings is 1. The average Bonchev–Trinajstić information content (AvgIpc) is 3.86. The maximum atomic E-state index is 13.5. The number of amides is 4. The molecule has 0 spiro atoms. The Morgan fingerprint density at radius 1 is 0.781 bits per heavy atom. The molecule has 2 aliphatic heterocycles. The summed E-state index contributed by atoms with van der Waals surface area (Å²) in [7, 11) is 0. The summed E-state index contributed by atoms with van der Waals surface area (Å²) in [6, 6.07) is 8.01. The summed E-state index contributed by atoms with van der Waals surface area (Å²) in [6.45, 7) is 7.86. The molecule has 2 aromatic carbocycles. The number of nitrogens with zero attached hydrogens (tertiary/aromatic N) is 4. The predicted molar refractivity (Wildman–Crippen MR) is 228 cm³/mol. The van der Waals surface area contributed by atoms with E-state index in [1.54, 1.807) is 18.2 Å². The summed E-state index contributed by atoms with van der Waals surface area (Å²) in [5.74, 6) is -2.41. The highest BCUT2D eigenvalue weighted by molar-refractivity contribution is 9.10. The Kier molecular flexibility index (Phi) is 21.9. The zero-order chi connectivity index (χ0) is 45.4. The highest BCUT2D eigenvalue weighted by Gasteiger charge is 2.45. The van der Waals surface area contributed by atoms with Crippen LogP contribution >= 0.6 is 15.9 Å². The highest BCUT2D eigenvalue weighted by atomic mass is 79.9. The quantitative estimate of drug-likeness (QED) is 0.0171. The lowest BCUT2D eigenvalue weighted by Gasteiger charge is -2.27. The van der Waals surface area contributed by atoms with Crippen LogP contribution in [0, 0.1) is 5.82 Å². The zero-order valence-electron chi connectivity index (χ0n) is 35.1. The number of aliphatic imine (C=N–C) groups is 1. The molecule has 2 aliphatic rings. The van der Waals surface area contributed by atoms with E-state index < -0.39 is 35.5 Å². The smallest absolute Gasteiger partial charge is 0.264 e. The Morgan fingerprint density at radius 3 is 1.98 bits per heavy atom. The van der Waals surface area contributed by atoms with Crippen LogP contribution in [0.2, 0.25) is 0 Å². The Morgan fingerprint density at radius 2 is 1.39 bits per heavy atom. The summed E-state index contributed by atoms with van der Waals surface area (Å²) in [4.78, 5) is 55.2. The van der Waals surface area contributed by atoms with E-state index in [1.165, 1.54) is 18.2 Å². The van der Waals surface area contributed by atoms with Gasteiger partial charge in [0.1, 0.15) is 11.9 Å². The van der Waals surface area contributed by atoms with Crippen LogP contribution in [0.25, 0.3) is 0 Å². The van der Waals surface area contributed by atoms with Crippen molar-refractivity contribution in [2.45, 2.75) is 18.9 Å². The minimum Gasteiger partial charge on any atom is -0.382 e. The molecule has 3 aromatic rings. The fraction of sp³-hybridized carbons (Fsp3) is 0.525. The van der Waals surface area contributed by atoms with Crippen molar-refractivity contribution in [3.05, 3.63) is 63.5 Å². The first-order chi connectivity index (χ1) is 31.3. The monoisotopic (exact) mass is 965 g/mol. The summed E-state index contributed by atoms with van der Waals surface area (Å²) >= 11 is 3.10. The topological polar surface area (TPSA) is 268 Å². The third kappa shape index (κ3) is 15.9. The van der Waals surface area contributed by atoms with Gasteiger partial charge in [0.05, 0.1) is 114 Å². The van der Waals surface area contributed by atoms with Crippen molar-refractivity contribution in [3.63, 3.8) is 0 Å². The Labute approximate surface area is 376 Å². The standard InChI is InChI=1S/C40H53BrFN9O13/c41-29-26-27(4-5-30(29)42)46-37(48-56)35-36(50-64-49-35)45-9-8-43-10-12-57-14-16-59-18-20-61-22-24-63-25-23-62-21-19-60-17-15-58-13-11-44-31-3-1-2-28-34(31)40(55)51(39(28)54)32-6-7-33(52)47-38(32)53/h1-5,26,32,43-44,56H,6-25H2,(H,45,50)(H,46,48)(H,47,52,53). The lowest BCUT2D eigenvalue weighted by atomic mass is 10.0. The molecule has 64 heavy (non-hydrogen) atoms. The van der Waals surface area contributed by atoms with E-state index in [2.05, 4.69) is 52.5 Å². The molecule has 4 amide bonds. The van der Waals surface area contributed by atoms with E-state index >= 15 is 0 Å². The number of ether oxygens (including phenoxy) is 7. The number of anilines is 2. The number of halogens is 2. The fourth-order valence-corrected chi connectivity index (χ4v) is 6.52. The molecule has 1 fully saturated rings. The van der Waals surface area contributed by atoms with E-state index in [-0.39, 0.29) is 45.8 Å². The molecule has 24 heteroatoms. The first-order valence-electron chi connectivity index (χ1n) is 20.6. The predicted octanol–water partition coefficient (Wildman–Crippen LogP) is 1.66. The molecule has 1 atom stereocenters. The maximum Gasteiger partial charge on any atom is 0.264 e. The van der Waals surface area contributed by atoms with Crippen LogP contribution in [-0.4, -0.2) is 175 Å². The summed E-state index contributed by atoms with van der Waals surface area (Å²) < 4.78 is 57.3. The van der Waals surface area contributed by atoms with E-state index in [0.29, 0.717) is 130 Å². The highest BCUT2D eigenvalue weighted by Crippen LogP contribution is 2.32. The molecular formula is C40H53BrFN9O13. The van der Waals surface area contributed by atoms with Gasteiger partial charge in [0.2, 0.25) is 17.6 Å². The molecule has 0 bridgehead atoms. The van der Waals surface area contributed by atoms with Crippen molar-refractivity contribution in [2.24, 2.45) is 4.99 Å². The van der Waals surface area contributed by atoms with Gasteiger partial charge < -0.3 is 49.1 Å². The second-order valence-corrected chi connectivity index (χ2v) is 14.6. The van der Waals surface area contributed by atoms with Gasteiger partial charge in [-0.05, 0) is 63.0 Å².